The predicted molar refractivity (Wildman–Crippen MR) is 204 cm³/mol. The van der Waals surface area contributed by atoms with Crippen LogP contribution in [0, 0.1) is 5.92 Å². The second-order valence-electron chi connectivity index (χ2n) is 12.9. The number of benzene rings is 5. The van der Waals surface area contributed by atoms with Crippen molar-refractivity contribution in [3.8, 4) is 22.6 Å². The lowest BCUT2D eigenvalue weighted by molar-refractivity contribution is 0.320. The molecule has 258 valence electrons. The fourth-order valence-corrected chi connectivity index (χ4v) is 9.65. The van der Waals surface area contributed by atoms with Crippen molar-refractivity contribution in [3.63, 3.8) is 0 Å². The minimum atomic E-state index is -4.16. The topological polar surface area (TPSA) is 79.3 Å². The van der Waals surface area contributed by atoms with Crippen LogP contribution in [0.2, 0.25) is 0 Å². The standard InChI is InChI=1S/C41H42N2O5S2/c1-47-35-21-17-33(18-22-35)43(34-19-23-36(48-2)24-20-34)32-15-12-29(13-16-32)31-14-25-38-40(28-31)49-39-11-7-6-10-37(39)42(38)27-26-41(50(44,45)46)30-8-4-3-5-9-30/h6-7,10-25,28,30,41H,3-5,8-9,26-27H2,1-2H3,(H,44,45,46). The summed E-state index contributed by atoms with van der Waals surface area (Å²) in [5, 5.41) is -0.749. The third-order valence-electron chi connectivity index (χ3n) is 9.94. The molecule has 1 unspecified atom stereocenters. The van der Waals surface area contributed by atoms with Gasteiger partial charge in [0.2, 0.25) is 0 Å². The molecule has 9 heteroatoms. The van der Waals surface area contributed by atoms with E-state index in [1.807, 2.05) is 36.4 Å². The molecule has 7 rings (SSSR count). The number of nitrogens with zero attached hydrogens (tertiary/aromatic N) is 2. The van der Waals surface area contributed by atoms with Gasteiger partial charge in [-0.05, 0) is 121 Å². The van der Waals surface area contributed by atoms with Gasteiger partial charge in [-0.15, -0.1) is 0 Å². The smallest absolute Gasteiger partial charge is 0.268 e. The van der Waals surface area contributed by atoms with Crippen LogP contribution in [0.5, 0.6) is 11.5 Å². The Morgan fingerprint density at radius 2 is 1.26 bits per heavy atom. The molecule has 7 nitrogen and oxygen atoms in total. The van der Waals surface area contributed by atoms with Crippen molar-refractivity contribution in [1.82, 2.24) is 0 Å². The summed E-state index contributed by atoms with van der Waals surface area (Å²) in [6.45, 7) is 0.506. The zero-order valence-corrected chi connectivity index (χ0v) is 30.0. The van der Waals surface area contributed by atoms with Crippen molar-refractivity contribution < 1.29 is 22.4 Å². The van der Waals surface area contributed by atoms with Gasteiger partial charge in [0.1, 0.15) is 11.5 Å². The lowest BCUT2D eigenvalue weighted by Gasteiger charge is -2.35. The van der Waals surface area contributed by atoms with Gasteiger partial charge in [0.05, 0.1) is 30.8 Å². The molecule has 1 atom stereocenters. The second-order valence-corrected chi connectivity index (χ2v) is 15.6. The van der Waals surface area contributed by atoms with Crippen LogP contribution in [0.1, 0.15) is 38.5 Å². The maximum Gasteiger partial charge on any atom is 0.268 e. The number of hydrogen-bond donors (Lipinski definition) is 1. The number of hydrogen-bond acceptors (Lipinski definition) is 7. The van der Waals surface area contributed by atoms with E-state index in [4.69, 9.17) is 9.47 Å². The average Bonchev–Trinajstić information content (AvgIpc) is 3.15. The zero-order chi connectivity index (χ0) is 34.7. The van der Waals surface area contributed by atoms with Crippen LogP contribution in [0.4, 0.5) is 28.4 Å². The maximum atomic E-state index is 12.6. The molecule has 1 aliphatic heterocycles. The monoisotopic (exact) mass is 706 g/mol. The first-order valence-electron chi connectivity index (χ1n) is 17.2. The summed E-state index contributed by atoms with van der Waals surface area (Å²) in [7, 11) is -0.824. The van der Waals surface area contributed by atoms with Crippen molar-refractivity contribution >= 4 is 50.3 Å². The lowest BCUT2D eigenvalue weighted by atomic mass is 9.85. The highest BCUT2D eigenvalue weighted by molar-refractivity contribution is 7.99. The Kier molecular flexibility index (Phi) is 10.1. The molecule has 0 bridgehead atoms. The van der Waals surface area contributed by atoms with E-state index >= 15 is 0 Å². The predicted octanol–water partition coefficient (Wildman–Crippen LogP) is 10.7. The van der Waals surface area contributed by atoms with Gasteiger partial charge in [-0.3, -0.25) is 4.55 Å². The Bertz CT molecular complexity index is 1980. The van der Waals surface area contributed by atoms with Crippen LogP contribution in [0.15, 0.2) is 125 Å². The number of anilines is 5. The van der Waals surface area contributed by atoms with Gasteiger partial charge in [-0.1, -0.05) is 61.4 Å². The maximum absolute atomic E-state index is 12.6. The normalized spacial score (nSPS) is 15.1. The van der Waals surface area contributed by atoms with Gasteiger partial charge in [0, 0.05) is 33.4 Å². The molecule has 0 radical (unpaired) electrons. The van der Waals surface area contributed by atoms with Crippen LogP contribution in [-0.2, 0) is 10.1 Å². The molecular formula is C41H42N2O5S2. The minimum absolute atomic E-state index is 0.00309. The second kappa shape index (κ2) is 14.8. The first kappa shape index (κ1) is 34.0. The van der Waals surface area contributed by atoms with E-state index in [1.54, 1.807) is 26.0 Å². The Labute approximate surface area is 299 Å². The molecule has 0 spiro atoms. The van der Waals surface area contributed by atoms with Crippen LogP contribution in [-0.4, -0.2) is 39.0 Å². The highest BCUT2D eigenvalue weighted by atomic mass is 32.2. The molecule has 5 aromatic carbocycles. The molecule has 0 saturated heterocycles. The summed E-state index contributed by atoms with van der Waals surface area (Å²) >= 11 is 1.73. The van der Waals surface area contributed by atoms with Crippen molar-refractivity contribution in [2.45, 2.75) is 53.6 Å². The fourth-order valence-electron chi connectivity index (χ4n) is 7.36. The van der Waals surface area contributed by atoms with E-state index in [-0.39, 0.29) is 5.92 Å². The molecule has 1 heterocycles. The molecule has 5 aromatic rings. The summed E-state index contributed by atoms with van der Waals surface area (Å²) in [4.78, 5) is 6.68. The first-order valence-corrected chi connectivity index (χ1v) is 19.5. The number of para-hydroxylation sites is 1. The molecule has 1 fully saturated rings. The summed E-state index contributed by atoms with van der Waals surface area (Å²) < 4.78 is 46.3. The SMILES string of the molecule is COc1ccc(N(c2ccc(OC)cc2)c2ccc(-c3ccc4c(c3)Sc3ccccc3N4CCC(C3CCCCC3)S(=O)(=O)O)cc2)cc1. The third kappa shape index (κ3) is 7.22. The van der Waals surface area contributed by atoms with Crippen LogP contribution < -0.4 is 19.3 Å². The van der Waals surface area contributed by atoms with Gasteiger partial charge in [-0.25, -0.2) is 0 Å². The molecule has 1 N–H and O–H groups in total. The number of fused-ring (bicyclic) bond motifs is 2. The van der Waals surface area contributed by atoms with Crippen molar-refractivity contribution in [2.24, 2.45) is 5.92 Å². The Morgan fingerprint density at radius 1 is 0.720 bits per heavy atom. The van der Waals surface area contributed by atoms with Gasteiger partial charge in [-0.2, -0.15) is 8.42 Å². The fraction of sp³-hybridized carbons (Fsp3) is 0.268. The quantitative estimate of drug-likeness (QED) is 0.136. The summed E-state index contributed by atoms with van der Waals surface area (Å²) in [6, 6.07) is 39.4. The molecule has 1 aliphatic carbocycles. The van der Waals surface area contributed by atoms with Gasteiger partial charge < -0.3 is 19.3 Å². The highest BCUT2D eigenvalue weighted by Crippen LogP contribution is 2.49. The van der Waals surface area contributed by atoms with Crippen LogP contribution in [0.25, 0.3) is 11.1 Å². The summed E-state index contributed by atoms with van der Waals surface area (Å²) in [5.74, 6) is 1.60. The van der Waals surface area contributed by atoms with E-state index in [0.717, 1.165) is 93.0 Å². The van der Waals surface area contributed by atoms with Gasteiger partial charge >= 0.3 is 0 Å². The average molecular weight is 707 g/mol. The van der Waals surface area contributed by atoms with Crippen molar-refractivity contribution in [2.75, 3.05) is 30.6 Å². The summed E-state index contributed by atoms with van der Waals surface area (Å²) in [5.41, 5.74) is 7.34. The summed E-state index contributed by atoms with van der Waals surface area (Å²) in [6.07, 6.45) is 5.26. The number of methoxy groups -OCH3 is 2. The van der Waals surface area contributed by atoms with E-state index < -0.39 is 15.4 Å². The molecule has 0 amide bonds. The van der Waals surface area contributed by atoms with Crippen LogP contribution >= 0.6 is 11.8 Å². The van der Waals surface area contributed by atoms with Gasteiger partial charge in [0.15, 0.2) is 0 Å². The molecule has 2 aliphatic rings. The zero-order valence-electron chi connectivity index (χ0n) is 28.4. The molecule has 0 aromatic heterocycles. The lowest BCUT2D eigenvalue weighted by Crippen LogP contribution is -2.35. The third-order valence-corrected chi connectivity index (χ3v) is 12.4. The van der Waals surface area contributed by atoms with E-state index in [9.17, 15) is 13.0 Å². The van der Waals surface area contributed by atoms with E-state index in [0.29, 0.717) is 13.0 Å². The largest absolute Gasteiger partial charge is 0.497 e. The molecular weight excluding hydrogens is 665 g/mol. The van der Waals surface area contributed by atoms with Gasteiger partial charge in [0.25, 0.3) is 10.1 Å². The minimum Gasteiger partial charge on any atom is -0.497 e. The Hall–Kier alpha value is -4.44. The number of ether oxygens (including phenoxy) is 2. The van der Waals surface area contributed by atoms with Crippen LogP contribution in [0.3, 0.4) is 0 Å². The van der Waals surface area contributed by atoms with Crippen molar-refractivity contribution in [3.05, 3.63) is 115 Å². The molecule has 1 saturated carbocycles. The Morgan fingerprint density at radius 3 is 1.84 bits per heavy atom. The van der Waals surface area contributed by atoms with Crippen molar-refractivity contribution in [1.29, 1.82) is 0 Å². The Balaban J connectivity index is 1.18. The highest BCUT2D eigenvalue weighted by Gasteiger charge is 2.34. The van der Waals surface area contributed by atoms with E-state index in [1.165, 1.54) is 0 Å². The molecule has 50 heavy (non-hydrogen) atoms. The van der Waals surface area contributed by atoms with E-state index in [2.05, 4.69) is 88.7 Å². The number of rotatable bonds is 11. The first-order chi connectivity index (χ1) is 24.3.